The van der Waals surface area contributed by atoms with Gasteiger partial charge in [0.2, 0.25) is 0 Å². The van der Waals surface area contributed by atoms with Crippen LogP contribution in [0.4, 0.5) is 10.1 Å². The molecule has 0 unspecified atom stereocenters. The minimum Gasteiger partial charge on any atom is -0.383 e. The number of fused-ring (bicyclic) bond motifs is 1. The Hall–Kier alpha value is -2.39. The molecule has 0 amide bonds. The third-order valence-electron chi connectivity index (χ3n) is 4.58. The number of benzene rings is 3. The van der Waals surface area contributed by atoms with E-state index < -0.39 is 0 Å². The Balaban J connectivity index is 1.53. The average Bonchev–Trinajstić information content (AvgIpc) is 2.62. The molecule has 0 saturated heterocycles. The van der Waals surface area contributed by atoms with E-state index >= 15 is 0 Å². The fraction of sp³-hybridized carbons (Fsp3) is 0.273. The number of para-hydroxylation sites is 1. The Morgan fingerprint density at radius 2 is 1.56 bits per heavy atom. The van der Waals surface area contributed by atoms with Gasteiger partial charge in [0.05, 0.1) is 5.69 Å². The first-order valence-electron chi connectivity index (χ1n) is 8.79. The molecule has 0 saturated carbocycles. The Bertz CT molecular complexity index is 842. The standard InChI is InChI=1S/C22H25FN2/c1-22(2,19-13-12-17-8-3-4-9-18(17)16-19)25-15-7-14-24-21-11-6-5-10-20(21)23/h3-6,8-13,16,24-25H,7,14-15H2,1-2H3. The summed E-state index contributed by atoms with van der Waals surface area (Å²) in [6.45, 7) is 5.99. The van der Waals surface area contributed by atoms with E-state index in [1.165, 1.54) is 22.4 Å². The molecule has 0 aromatic heterocycles. The van der Waals surface area contributed by atoms with Gasteiger partial charge in [0.15, 0.2) is 0 Å². The highest BCUT2D eigenvalue weighted by atomic mass is 19.1. The van der Waals surface area contributed by atoms with Crippen molar-refractivity contribution in [2.75, 3.05) is 18.4 Å². The molecule has 2 nitrogen and oxygen atoms in total. The van der Waals surface area contributed by atoms with E-state index in [9.17, 15) is 4.39 Å². The predicted octanol–water partition coefficient (Wildman–Crippen LogP) is 5.31. The lowest BCUT2D eigenvalue weighted by molar-refractivity contribution is 0.403. The molecule has 0 bridgehead atoms. The first kappa shape index (κ1) is 17.4. The number of halogens is 1. The van der Waals surface area contributed by atoms with Crippen LogP contribution in [0, 0.1) is 5.82 Å². The van der Waals surface area contributed by atoms with Gasteiger partial charge >= 0.3 is 0 Å². The van der Waals surface area contributed by atoms with E-state index in [0.717, 1.165) is 19.5 Å². The number of rotatable bonds is 7. The molecule has 0 spiro atoms. The van der Waals surface area contributed by atoms with Crippen molar-refractivity contribution in [3.05, 3.63) is 78.1 Å². The zero-order valence-electron chi connectivity index (χ0n) is 14.9. The Morgan fingerprint density at radius 3 is 2.36 bits per heavy atom. The Labute approximate surface area is 149 Å². The quantitative estimate of drug-likeness (QED) is 0.572. The zero-order chi connectivity index (χ0) is 17.7. The maximum absolute atomic E-state index is 13.6. The van der Waals surface area contributed by atoms with Gasteiger partial charge in [0.1, 0.15) is 5.82 Å². The second kappa shape index (κ2) is 7.66. The van der Waals surface area contributed by atoms with Gasteiger partial charge in [-0.15, -0.1) is 0 Å². The van der Waals surface area contributed by atoms with Gasteiger partial charge in [0.25, 0.3) is 0 Å². The first-order valence-corrected chi connectivity index (χ1v) is 8.79. The molecule has 0 aliphatic carbocycles. The third-order valence-corrected chi connectivity index (χ3v) is 4.58. The topological polar surface area (TPSA) is 24.1 Å². The van der Waals surface area contributed by atoms with Crippen LogP contribution in [-0.2, 0) is 5.54 Å². The van der Waals surface area contributed by atoms with Crippen molar-refractivity contribution in [2.45, 2.75) is 25.8 Å². The lowest BCUT2D eigenvalue weighted by Gasteiger charge is -2.27. The molecule has 3 aromatic rings. The monoisotopic (exact) mass is 336 g/mol. The van der Waals surface area contributed by atoms with E-state index in [1.807, 2.05) is 6.07 Å². The Morgan fingerprint density at radius 1 is 0.840 bits per heavy atom. The lowest BCUT2D eigenvalue weighted by Crippen LogP contribution is -2.37. The highest BCUT2D eigenvalue weighted by molar-refractivity contribution is 5.83. The van der Waals surface area contributed by atoms with Gasteiger partial charge in [-0.25, -0.2) is 4.39 Å². The van der Waals surface area contributed by atoms with Crippen molar-refractivity contribution in [2.24, 2.45) is 0 Å². The molecular weight excluding hydrogens is 311 g/mol. The van der Waals surface area contributed by atoms with E-state index in [-0.39, 0.29) is 11.4 Å². The van der Waals surface area contributed by atoms with Gasteiger partial charge < -0.3 is 10.6 Å². The largest absolute Gasteiger partial charge is 0.383 e. The van der Waals surface area contributed by atoms with Crippen LogP contribution in [-0.4, -0.2) is 13.1 Å². The van der Waals surface area contributed by atoms with Crippen molar-refractivity contribution in [1.82, 2.24) is 5.32 Å². The van der Waals surface area contributed by atoms with Crippen LogP contribution in [0.1, 0.15) is 25.8 Å². The molecule has 3 aromatic carbocycles. The van der Waals surface area contributed by atoms with Crippen LogP contribution in [0.5, 0.6) is 0 Å². The van der Waals surface area contributed by atoms with Gasteiger partial charge in [0, 0.05) is 12.1 Å². The highest BCUT2D eigenvalue weighted by Gasteiger charge is 2.19. The summed E-state index contributed by atoms with van der Waals surface area (Å²) in [6, 6.07) is 21.8. The fourth-order valence-electron chi connectivity index (χ4n) is 3.00. The minimum atomic E-state index is -0.202. The second-order valence-electron chi connectivity index (χ2n) is 6.87. The number of nitrogens with one attached hydrogen (secondary N) is 2. The summed E-state index contributed by atoms with van der Waals surface area (Å²) in [7, 11) is 0. The van der Waals surface area contributed by atoms with Crippen LogP contribution in [0.2, 0.25) is 0 Å². The van der Waals surface area contributed by atoms with E-state index in [2.05, 4.69) is 66.9 Å². The molecule has 0 heterocycles. The molecular formula is C22H25FN2. The SMILES string of the molecule is CC(C)(NCCCNc1ccccc1F)c1ccc2ccccc2c1. The van der Waals surface area contributed by atoms with E-state index in [0.29, 0.717) is 5.69 Å². The molecule has 0 aliphatic heterocycles. The maximum atomic E-state index is 13.6. The van der Waals surface area contributed by atoms with Crippen LogP contribution >= 0.6 is 0 Å². The fourth-order valence-corrected chi connectivity index (χ4v) is 3.00. The van der Waals surface area contributed by atoms with Crippen molar-refractivity contribution in [3.8, 4) is 0 Å². The summed E-state index contributed by atoms with van der Waals surface area (Å²) in [5.74, 6) is -0.202. The molecule has 0 atom stereocenters. The summed E-state index contributed by atoms with van der Waals surface area (Å²) in [5.41, 5.74) is 1.73. The summed E-state index contributed by atoms with van der Waals surface area (Å²) >= 11 is 0. The molecule has 25 heavy (non-hydrogen) atoms. The third kappa shape index (κ3) is 4.37. The van der Waals surface area contributed by atoms with Gasteiger partial charge in [-0.05, 0) is 61.3 Å². The molecule has 0 aliphatic rings. The van der Waals surface area contributed by atoms with Crippen LogP contribution in [0.3, 0.4) is 0 Å². The van der Waals surface area contributed by atoms with Crippen LogP contribution < -0.4 is 10.6 Å². The summed E-state index contributed by atoms with van der Waals surface area (Å²) < 4.78 is 13.6. The van der Waals surface area contributed by atoms with E-state index in [1.54, 1.807) is 12.1 Å². The normalized spacial score (nSPS) is 11.6. The molecule has 2 N–H and O–H groups in total. The molecule has 3 rings (SSSR count). The van der Waals surface area contributed by atoms with Crippen molar-refractivity contribution in [1.29, 1.82) is 0 Å². The van der Waals surface area contributed by atoms with Gasteiger partial charge in [-0.3, -0.25) is 0 Å². The highest BCUT2D eigenvalue weighted by Crippen LogP contribution is 2.24. The van der Waals surface area contributed by atoms with Crippen molar-refractivity contribution < 1.29 is 4.39 Å². The molecule has 0 fully saturated rings. The minimum absolute atomic E-state index is 0.109. The number of anilines is 1. The lowest BCUT2D eigenvalue weighted by atomic mass is 9.92. The van der Waals surface area contributed by atoms with Gasteiger partial charge in [-0.1, -0.05) is 48.5 Å². The second-order valence-corrected chi connectivity index (χ2v) is 6.87. The maximum Gasteiger partial charge on any atom is 0.146 e. The zero-order valence-corrected chi connectivity index (χ0v) is 14.9. The van der Waals surface area contributed by atoms with E-state index in [4.69, 9.17) is 0 Å². The van der Waals surface area contributed by atoms with Crippen molar-refractivity contribution in [3.63, 3.8) is 0 Å². The molecule has 3 heteroatoms. The van der Waals surface area contributed by atoms with Gasteiger partial charge in [-0.2, -0.15) is 0 Å². The molecule has 0 radical (unpaired) electrons. The summed E-state index contributed by atoms with van der Waals surface area (Å²) in [6.07, 6.45) is 0.922. The predicted molar refractivity (Wildman–Crippen MR) is 104 cm³/mol. The Kier molecular flexibility index (Phi) is 5.34. The van der Waals surface area contributed by atoms with Crippen molar-refractivity contribution >= 4 is 16.5 Å². The summed E-state index contributed by atoms with van der Waals surface area (Å²) in [4.78, 5) is 0. The molecule has 130 valence electrons. The first-order chi connectivity index (χ1) is 12.1. The number of hydrogen-bond acceptors (Lipinski definition) is 2. The number of hydrogen-bond donors (Lipinski definition) is 2. The smallest absolute Gasteiger partial charge is 0.146 e. The average molecular weight is 336 g/mol. The van der Waals surface area contributed by atoms with Crippen LogP contribution in [0.25, 0.3) is 10.8 Å². The van der Waals surface area contributed by atoms with Crippen LogP contribution in [0.15, 0.2) is 66.7 Å². The summed E-state index contributed by atoms with van der Waals surface area (Å²) in [5, 5.41) is 9.28.